The zero-order valence-corrected chi connectivity index (χ0v) is 22.4. The summed E-state index contributed by atoms with van der Waals surface area (Å²) in [7, 11) is 1.87. The van der Waals surface area contributed by atoms with E-state index >= 15 is 0 Å². The number of aliphatic hydroxyl groups is 1. The Morgan fingerprint density at radius 1 is 0.872 bits per heavy atom. The summed E-state index contributed by atoms with van der Waals surface area (Å²) < 4.78 is 6.80. The minimum Gasteiger partial charge on any atom is -0.392 e. The molecule has 39 heavy (non-hydrogen) atoms. The van der Waals surface area contributed by atoms with Crippen molar-refractivity contribution < 1.29 is 14.6 Å². The predicted molar refractivity (Wildman–Crippen MR) is 154 cm³/mol. The SMILES string of the molecule is CN(C(=O)C(OCc1ccccc1)(c1ccccc1)c1ccccc1)[C@H](CN1CCC(O)C1)c1ccccc1. The minimum atomic E-state index is -1.36. The van der Waals surface area contributed by atoms with Crippen molar-refractivity contribution in [3.05, 3.63) is 144 Å². The number of carbonyl (C=O) groups excluding carboxylic acids is 1. The summed E-state index contributed by atoms with van der Waals surface area (Å²) in [5.74, 6) is -0.135. The predicted octanol–water partition coefficient (Wildman–Crippen LogP) is 5.41. The third-order valence-corrected chi connectivity index (χ3v) is 7.61. The van der Waals surface area contributed by atoms with Crippen molar-refractivity contribution >= 4 is 5.91 Å². The topological polar surface area (TPSA) is 53.0 Å². The number of benzene rings is 4. The monoisotopic (exact) mass is 520 g/mol. The maximum absolute atomic E-state index is 15.0. The zero-order chi connectivity index (χ0) is 27.1. The van der Waals surface area contributed by atoms with E-state index in [-0.39, 0.29) is 24.7 Å². The van der Waals surface area contributed by atoms with Crippen LogP contribution < -0.4 is 0 Å². The number of nitrogens with zero attached hydrogens (tertiary/aromatic N) is 2. The maximum Gasteiger partial charge on any atom is 0.264 e. The second-order valence-corrected chi connectivity index (χ2v) is 10.2. The molecule has 0 radical (unpaired) electrons. The van der Waals surface area contributed by atoms with Gasteiger partial charge in [0.05, 0.1) is 18.8 Å². The van der Waals surface area contributed by atoms with Crippen molar-refractivity contribution in [2.45, 2.75) is 30.8 Å². The van der Waals surface area contributed by atoms with Crippen molar-refractivity contribution in [2.75, 3.05) is 26.7 Å². The van der Waals surface area contributed by atoms with E-state index in [9.17, 15) is 9.90 Å². The van der Waals surface area contributed by atoms with Crippen LogP contribution in [0.2, 0.25) is 0 Å². The van der Waals surface area contributed by atoms with E-state index < -0.39 is 5.60 Å². The standard InChI is InChI=1S/C34H36N2O3/c1-35(32(28-16-8-3-9-17-28)25-36-23-22-31(37)24-36)33(38)34(29-18-10-4-11-19-29,30-20-12-5-13-21-30)39-26-27-14-6-2-7-15-27/h2-21,31-32,37H,22-26H2,1H3/t31?,32-/m1/s1. The Morgan fingerprint density at radius 2 is 1.38 bits per heavy atom. The molecule has 0 spiro atoms. The first-order chi connectivity index (χ1) is 19.1. The third kappa shape index (κ3) is 5.96. The van der Waals surface area contributed by atoms with Gasteiger partial charge in [-0.2, -0.15) is 0 Å². The van der Waals surface area contributed by atoms with Gasteiger partial charge in [-0.1, -0.05) is 121 Å². The van der Waals surface area contributed by atoms with Gasteiger partial charge in [-0.25, -0.2) is 0 Å². The smallest absolute Gasteiger partial charge is 0.264 e. The fourth-order valence-corrected chi connectivity index (χ4v) is 5.49. The molecule has 0 bridgehead atoms. The molecule has 200 valence electrons. The van der Waals surface area contributed by atoms with E-state index in [4.69, 9.17) is 4.74 Å². The molecule has 0 saturated carbocycles. The van der Waals surface area contributed by atoms with Crippen LogP contribution in [0.4, 0.5) is 0 Å². The van der Waals surface area contributed by atoms with Crippen molar-refractivity contribution in [3.8, 4) is 0 Å². The number of amides is 1. The van der Waals surface area contributed by atoms with Gasteiger partial charge in [0.25, 0.3) is 5.91 Å². The number of ether oxygens (including phenoxy) is 1. The zero-order valence-electron chi connectivity index (χ0n) is 22.4. The summed E-state index contributed by atoms with van der Waals surface area (Å²) in [4.78, 5) is 19.1. The second kappa shape index (κ2) is 12.4. The van der Waals surface area contributed by atoms with Crippen LogP contribution in [0.5, 0.6) is 0 Å². The largest absolute Gasteiger partial charge is 0.392 e. The molecule has 1 heterocycles. The Labute approximate surface area is 231 Å². The first kappa shape index (κ1) is 26.8. The van der Waals surface area contributed by atoms with Crippen LogP contribution in [0.15, 0.2) is 121 Å². The maximum atomic E-state index is 15.0. The molecule has 5 rings (SSSR count). The third-order valence-electron chi connectivity index (χ3n) is 7.61. The van der Waals surface area contributed by atoms with Crippen LogP contribution in [-0.2, 0) is 21.7 Å². The van der Waals surface area contributed by atoms with Gasteiger partial charge in [-0.15, -0.1) is 0 Å². The summed E-state index contributed by atoms with van der Waals surface area (Å²) in [6, 6.07) is 39.5. The molecule has 4 aromatic carbocycles. The molecule has 0 aliphatic carbocycles. The quantitative estimate of drug-likeness (QED) is 0.304. The van der Waals surface area contributed by atoms with E-state index in [0.29, 0.717) is 13.1 Å². The molecular weight excluding hydrogens is 484 g/mol. The van der Waals surface area contributed by atoms with E-state index in [0.717, 1.165) is 35.2 Å². The molecule has 5 heteroatoms. The van der Waals surface area contributed by atoms with Crippen LogP contribution in [0.25, 0.3) is 0 Å². The number of carbonyl (C=O) groups is 1. The summed E-state index contributed by atoms with van der Waals surface area (Å²) in [5.41, 5.74) is 2.26. The molecule has 1 unspecified atom stereocenters. The molecule has 5 nitrogen and oxygen atoms in total. The summed E-state index contributed by atoms with van der Waals surface area (Å²) in [6.07, 6.45) is 0.418. The Balaban J connectivity index is 1.59. The Morgan fingerprint density at radius 3 is 1.90 bits per heavy atom. The van der Waals surface area contributed by atoms with E-state index in [1.165, 1.54) is 0 Å². The van der Waals surface area contributed by atoms with Crippen molar-refractivity contribution in [1.29, 1.82) is 0 Å². The number of hydrogen-bond acceptors (Lipinski definition) is 4. The lowest BCUT2D eigenvalue weighted by Crippen LogP contribution is -2.50. The highest BCUT2D eigenvalue weighted by Gasteiger charge is 2.47. The van der Waals surface area contributed by atoms with Gasteiger partial charge in [0, 0.05) is 26.7 Å². The Hall–Kier alpha value is -3.77. The molecule has 1 saturated heterocycles. The minimum absolute atomic E-state index is 0.135. The molecule has 0 aromatic heterocycles. The van der Waals surface area contributed by atoms with Gasteiger partial charge >= 0.3 is 0 Å². The van der Waals surface area contributed by atoms with E-state index in [1.807, 2.05) is 121 Å². The summed E-state index contributed by atoms with van der Waals surface area (Å²) in [6.45, 7) is 2.32. The first-order valence-electron chi connectivity index (χ1n) is 13.6. The average Bonchev–Trinajstić information content (AvgIpc) is 3.42. The lowest BCUT2D eigenvalue weighted by molar-refractivity contribution is -0.157. The molecule has 1 aliphatic heterocycles. The van der Waals surface area contributed by atoms with Gasteiger partial charge in [0.1, 0.15) is 0 Å². The number of likely N-dealkylation sites (tertiary alicyclic amines) is 1. The molecule has 1 aliphatic rings. The number of hydrogen-bond donors (Lipinski definition) is 1. The van der Waals surface area contributed by atoms with Crippen molar-refractivity contribution in [2.24, 2.45) is 0 Å². The number of likely N-dealkylation sites (N-methyl/N-ethyl adjacent to an activating group) is 1. The fourth-order valence-electron chi connectivity index (χ4n) is 5.49. The molecule has 1 N–H and O–H groups in total. The highest BCUT2D eigenvalue weighted by atomic mass is 16.5. The first-order valence-corrected chi connectivity index (χ1v) is 13.6. The van der Waals surface area contributed by atoms with E-state index in [1.54, 1.807) is 0 Å². The molecular formula is C34H36N2O3. The van der Waals surface area contributed by atoms with Gasteiger partial charge in [0.2, 0.25) is 0 Å². The van der Waals surface area contributed by atoms with Gasteiger partial charge < -0.3 is 14.7 Å². The summed E-state index contributed by atoms with van der Waals surface area (Å²) in [5, 5.41) is 10.2. The number of aliphatic hydroxyl groups excluding tert-OH is 1. The van der Waals surface area contributed by atoms with Crippen LogP contribution in [-0.4, -0.2) is 53.6 Å². The van der Waals surface area contributed by atoms with Crippen LogP contribution in [0.1, 0.15) is 34.7 Å². The highest BCUT2D eigenvalue weighted by Crippen LogP contribution is 2.39. The van der Waals surface area contributed by atoms with Gasteiger partial charge in [0.15, 0.2) is 5.60 Å². The Bertz CT molecular complexity index is 1280. The van der Waals surface area contributed by atoms with Gasteiger partial charge in [-0.05, 0) is 28.7 Å². The van der Waals surface area contributed by atoms with Crippen molar-refractivity contribution in [3.63, 3.8) is 0 Å². The number of β-amino-alcohol motifs (C(OH)–C–C–N with tert-alkyl or cyclic N) is 1. The molecule has 1 fully saturated rings. The number of rotatable bonds is 10. The highest BCUT2D eigenvalue weighted by molar-refractivity contribution is 5.90. The second-order valence-electron chi connectivity index (χ2n) is 10.2. The fraction of sp³-hybridized carbons (Fsp3) is 0.265. The van der Waals surface area contributed by atoms with Crippen LogP contribution >= 0.6 is 0 Å². The Kier molecular flexibility index (Phi) is 8.52. The molecule has 1 amide bonds. The van der Waals surface area contributed by atoms with Gasteiger partial charge in [-0.3, -0.25) is 9.69 Å². The summed E-state index contributed by atoms with van der Waals surface area (Å²) >= 11 is 0. The van der Waals surface area contributed by atoms with Crippen LogP contribution in [0, 0.1) is 0 Å². The van der Waals surface area contributed by atoms with Crippen LogP contribution in [0.3, 0.4) is 0 Å². The average molecular weight is 521 g/mol. The lowest BCUT2D eigenvalue weighted by atomic mass is 9.84. The lowest BCUT2D eigenvalue weighted by Gasteiger charge is -2.40. The van der Waals surface area contributed by atoms with E-state index in [2.05, 4.69) is 17.0 Å². The molecule has 2 atom stereocenters. The normalized spacial score (nSPS) is 16.6. The molecule has 4 aromatic rings. The van der Waals surface area contributed by atoms with Crippen molar-refractivity contribution in [1.82, 2.24) is 9.80 Å².